The van der Waals surface area contributed by atoms with Crippen LogP contribution >= 0.6 is 23.2 Å². The van der Waals surface area contributed by atoms with E-state index in [1.165, 1.54) is 13.0 Å². The Morgan fingerprint density at radius 2 is 1.62 bits per heavy atom. The van der Waals surface area contributed by atoms with Gasteiger partial charge in [-0.25, -0.2) is 0 Å². The third-order valence-corrected chi connectivity index (χ3v) is 5.74. The van der Waals surface area contributed by atoms with Gasteiger partial charge in [-0.3, -0.25) is 14.4 Å². The van der Waals surface area contributed by atoms with Crippen molar-refractivity contribution in [2.75, 3.05) is 32.7 Å². The van der Waals surface area contributed by atoms with Gasteiger partial charge in [0.2, 0.25) is 11.8 Å². The molecule has 0 N–H and O–H groups in total. The minimum atomic E-state index is -0.458. The molecule has 1 unspecified atom stereocenters. The van der Waals surface area contributed by atoms with Crippen LogP contribution in [0.15, 0.2) is 18.2 Å². The fourth-order valence-electron chi connectivity index (χ4n) is 3.51. The molecule has 8 heteroatoms. The maximum absolute atomic E-state index is 12.9. The summed E-state index contributed by atoms with van der Waals surface area (Å²) in [6.07, 6.45) is 1.44. The lowest BCUT2D eigenvalue weighted by atomic mass is 10.1. The largest absolute Gasteiger partial charge is 0.339 e. The second-order valence-corrected chi connectivity index (χ2v) is 7.43. The van der Waals surface area contributed by atoms with Crippen molar-refractivity contribution in [2.24, 2.45) is 0 Å². The number of likely N-dealkylation sites (tertiary alicyclic amines) is 1. The molecule has 2 heterocycles. The number of hydrogen-bond acceptors (Lipinski definition) is 3. The second kappa shape index (κ2) is 7.84. The van der Waals surface area contributed by atoms with Crippen LogP contribution in [0.4, 0.5) is 0 Å². The Morgan fingerprint density at radius 3 is 2.23 bits per heavy atom. The minimum absolute atomic E-state index is 0.0226. The number of carbonyl (C=O) groups excluding carboxylic acids is 3. The standard InChI is InChI=1S/C18H21Cl2N3O3/c1-12(24)21-7-9-22(10-8-21)18(26)16-3-2-6-23(16)17(25)13-4-5-14(19)15(20)11-13/h4-5,11,16H,2-3,6-10H2,1H3. The SMILES string of the molecule is CC(=O)N1CCN(C(=O)C2CCCN2C(=O)c2ccc(Cl)c(Cl)c2)CC1. The third-order valence-electron chi connectivity index (χ3n) is 5.00. The third kappa shape index (κ3) is 3.81. The number of carbonyl (C=O) groups is 3. The predicted molar refractivity (Wildman–Crippen MR) is 99.4 cm³/mol. The van der Waals surface area contributed by atoms with Crippen molar-refractivity contribution < 1.29 is 14.4 Å². The molecule has 26 heavy (non-hydrogen) atoms. The maximum atomic E-state index is 12.9. The summed E-state index contributed by atoms with van der Waals surface area (Å²) in [7, 11) is 0. The molecule has 0 aliphatic carbocycles. The molecule has 0 spiro atoms. The number of nitrogens with zero attached hydrogens (tertiary/aromatic N) is 3. The fourth-order valence-corrected chi connectivity index (χ4v) is 3.81. The molecule has 2 aliphatic rings. The zero-order valence-electron chi connectivity index (χ0n) is 14.6. The van der Waals surface area contributed by atoms with Gasteiger partial charge < -0.3 is 14.7 Å². The van der Waals surface area contributed by atoms with E-state index in [9.17, 15) is 14.4 Å². The zero-order chi connectivity index (χ0) is 18.8. The molecule has 1 aromatic rings. The molecule has 1 atom stereocenters. The maximum Gasteiger partial charge on any atom is 0.254 e. The minimum Gasteiger partial charge on any atom is -0.339 e. The van der Waals surface area contributed by atoms with Gasteiger partial charge in [0.25, 0.3) is 5.91 Å². The highest BCUT2D eigenvalue weighted by Gasteiger charge is 2.37. The van der Waals surface area contributed by atoms with Crippen LogP contribution in [-0.2, 0) is 9.59 Å². The molecule has 0 radical (unpaired) electrons. The average Bonchev–Trinajstić information content (AvgIpc) is 3.12. The lowest BCUT2D eigenvalue weighted by Gasteiger charge is -2.37. The smallest absolute Gasteiger partial charge is 0.254 e. The van der Waals surface area contributed by atoms with E-state index in [-0.39, 0.29) is 17.7 Å². The summed E-state index contributed by atoms with van der Waals surface area (Å²) in [6.45, 7) is 4.16. The van der Waals surface area contributed by atoms with Crippen molar-refractivity contribution in [1.29, 1.82) is 0 Å². The Morgan fingerprint density at radius 1 is 0.962 bits per heavy atom. The molecule has 6 nitrogen and oxygen atoms in total. The fraction of sp³-hybridized carbons (Fsp3) is 0.500. The van der Waals surface area contributed by atoms with Crippen LogP contribution in [0.1, 0.15) is 30.1 Å². The molecule has 2 saturated heterocycles. The van der Waals surface area contributed by atoms with Crippen molar-refractivity contribution in [3.05, 3.63) is 33.8 Å². The van der Waals surface area contributed by atoms with Crippen LogP contribution in [0, 0.1) is 0 Å². The molecule has 2 fully saturated rings. The summed E-state index contributed by atoms with van der Waals surface area (Å²) < 4.78 is 0. The van der Waals surface area contributed by atoms with E-state index in [2.05, 4.69) is 0 Å². The van der Waals surface area contributed by atoms with Crippen LogP contribution < -0.4 is 0 Å². The summed E-state index contributed by atoms with van der Waals surface area (Å²) >= 11 is 11.9. The average molecular weight is 398 g/mol. The molecule has 2 aliphatic heterocycles. The van der Waals surface area contributed by atoms with Crippen LogP contribution in [0.25, 0.3) is 0 Å². The second-order valence-electron chi connectivity index (χ2n) is 6.62. The Balaban J connectivity index is 1.69. The summed E-state index contributed by atoms with van der Waals surface area (Å²) in [5.41, 5.74) is 0.431. The number of piperazine rings is 1. The van der Waals surface area contributed by atoms with Crippen molar-refractivity contribution in [1.82, 2.24) is 14.7 Å². The van der Waals surface area contributed by atoms with Gasteiger partial charge in [0, 0.05) is 45.2 Å². The van der Waals surface area contributed by atoms with E-state index in [1.54, 1.807) is 26.8 Å². The topological polar surface area (TPSA) is 60.9 Å². The molecule has 140 valence electrons. The van der Waals surface area contributed by atoms with Gasteiger partial charge in [0.15, 0.2) is 0 Å². The predicted octanol–water partition coefficient (Wildman–Crippen LogP) is 2.29. The molecular formula is C18H21Cl2N3O3. The summed E-state index contributed by atoms with van der Waals surface area (Å²) in [5, 5.41) is 0.709. The normalized spacial score (nSPS) is 20.4. The first-order valence-electron chi connectivity index (χ1n) is 8.69. The summed E-state index contributed by atoms with van der Waals surface area (Å²) in [5.74, 6) is -0.227. The van der Waals surface area contributed by atoms with Crippen molar-refractivity contribution >= 4 is 40.9 Å². The van der Waals surface area contributed by atoms with Crippen LogP contribution in [0.5, 0.6) is 0 Å². The highest BCUT2D eigenvalue weighted by molar-refractivity contribution is 6.42. The first-order valence-corrected chi connectivity index (χ1v) is 9.44. The van der Waals surface area contributed by atoms with Gasteiger partial charge in [0.05, 0.1) is 10.0 Å². The van der Waals surface area contributed by atoms with E-state index < -0.39 is 6.04 Å². The van der Waals surface area contributed by atoms with Crippen LogP contribution in [0.2, 0.25) is 10.0 Å². The number of benzene rings is 1. The van der Waals surface area contributed by atoms with Gasteiger partial charge >= 0.3 is 0 Å². The quantitative estimate of drug-likeness (QED) is 0.768. The number of halogens is 2. The van der Waals surface area contributed by atoms with Gasteiger partial charge in [0.1, 0.15) is 6.04 Å². The Hall–Kier alpha value is -1.79. The van der Waals surface area contributed by atoms with Gasteiger partial charge in [-0.05, 0) is 31.0 Å². The van der Waals surface area contributed by atoms with Gasteiger partial charge in [-0.15, -0.1) is 0 Å². The van der Waals surface area contributed by atoms with Gasteiger partial charge in [-0.1, -0.05) is 23.2 Å². The Labute approximate surface area is 162 Å². The summed E-state index contributed by atoms with van der Waals surface area (Å²) in [6, 6.07) is 4.30. The molecule has 0 saturated carbocycles. The number of hydrogen-bond donors (Lipinski definition) is 0. The van der Waals surface area contributed by atoms with E-state index in [0.717, 1.165) is 6.42 Å². The van der Waals surface area contributed by atoms with Crippen molar-refractivity contribution in [3.63, 3.8) is 0 Å². The zero-order valence-corrected chi connectivity index (χ0v) is 16.1. The first-order chi connectivity index (χ1) is 12.4. The lowest BCUT2D eigenvalue weighted by Crippen LogP contribution is -2.55. The van der Waals surface area contributed by atoms with E-state index >= 15 is 0 Å². The van der Waals surface area contributed by atoms with E-state index in [0.29, 0.717) is 54.8 Å². The first kappa shape index (κ1) is 19.0. The molecule has 0 aromatic heterocycles. The highest BCUT2D eigenvalue weighted by atomic mass is 35.5. The monoisotopic (exact) mass is 397 g/mol. The van der Waals surface area contributed by atoms with E-state index in [4.69, 9.17) is 23.2 Å². The molecular weight excluding hydrogens is 377 g/mol. The number of rotatable bonds is 2. The van der Waals surface area contributed by atoms with Crippen molar-refractivity contribution in [3.8, 4) is 0 Å². The van der Waals surface area contributed by atoms with Crippen LogP contribution in [-0.4, -0.2) is 71.2 Å². The van der Waals surface area contributed by atoms with Crippen molar-refractivity contribution in [2.45, 2.75) is 25.8 Å². The van der Waals surface area contributed by atoms with E-state index in [1.807, 2.05) is 0 Å². The van der Waals surface area contributed by atoms with Gasteiger partial charge in [-0.2, -0.15) is 0 Å². The lowest BCUT2D eigenvalue weighted by molar-refractivity contribution is -0.141. The molecule has 3 amide bonds. The number of amides is 3. The Kier molecular flexibility index (Phi) is 5.73. The highest BCUT2D eigenvalue weighted by Crippen LogP contribution is 2.26. The Bertz CT molecular complexity index is 732. The summed E-state index contributed by atoms with van der Waals surface area (Å²) in [4.78, 5) is 42.3. The van der Waals surface area contributed by atoms with Crippen LogP contribution in [0.3, 0.4) is 0 Å². The molecule has 0 bridgehead atoms. The molecule has 3 rings (SSSR count). The molecule has 1 aromatic carbocycles.